The average molecular weight is 261 g/mol. The van der Waals surface area contributed by atoms with Gasteiger partial charge in [0, 0.05) is 36.6 Å². The molecule has 1 N–H and O–H groups in total. The van der Waals surface area contributed by atoms with Crippen LogP contribution in [0.1, 0.15) is 19.5 Å². The predicted molar refractivity (Wildman–Crippen MR) is 72.2 cm³/mol. The Kier molecular flexibility index (Phi) is 2.89. The molecule has 3 aromatic heterocycles. The number of hydrogen-bond donors (Lipinski definition) is 1. The van der Waals surface area contributed by atoms with Crippen molar-refractivity contribution in [1.29, 1.82) is 0 Å². The molecule has 0 radical (unpaired) electrons. The van der Waals surface area contributed by atoms with Crippen LogP contribution in [0.2, 0.25) is 0 Å². The Morgan fingerprint density at radius 2 is 2.28 bits per heavy atom. The highest BCUT2D eigenvalue weighted by Gasteiger charge is 2.14. The van der Waals surface area contributed by atoms with E-state index < -0.39 is 0 Å². The number of rotatable bonds is 4. The molecule has 0 bridgehead atoms. The van der Waals surface area contributed by atoms with Crippen LogP contribution in [0.4, 0.5) is 0 Å². The van der Waals surface area contributed by atoms with Gasteiger partial charge in [0.25, 0.3) is 0 Å². The summed E-state index contributed by atoms with van der Waals surface area (Å²) in [5, 5.41) is 9.75. The molecule has 6 heteroatoms. The van der Waals surface area contributed by atoms with Crippen molar-refractivity contribution in [2.45, 2.75) is 26.4 Å². The Morgan fingerprint density at radius 1 is 1.39 bits per heavy atom. The van der Waals surface area contributed by atoms with Gasteiger partial charge in [-0.2, -0.15) is 10.1 Å². The highest BCUT2D eigenvalue weighted by molar-refractivity contribution is 7.15. The first-order chi connectivity index (χ1) is 8.75. The predicted octanol–water partition coefficient (Wildman–Crippen LogP) is 2.08. The van der Waals surface area contributed by atoms with Crippen LogP contribution in [0.5, 0.6) is 0 Å². The second-order valence-corrected chi connectivity index (χ2v) is 5.30. The molecule has 18 heavy (non-hydrogen) atoms. The van der Waals surface area contributed by atoms with Gasteiger partial charge in [-0.1, -0.05) is 13.8 Å². The van der Waals surface area contributed by atoms with Gasteiger partial charge in [0.1, 0.15) is 0 Å². The highest BCUT2D eigenvalue weighted by Crippen LogP contribution is 2.20. The number of aromatic nitrogens is 4. The van der Waals surface area contributed by atoms with Crippen LogP contribution < -0.4 is 5.32 Å². The summed E-state index contributed by atoms with van der Waals surface area (Å²) in [6, 6.07) is 2.35. The number of fused-ring (bicyclic) bond motifs is 1. The summed E-state index contributed by atoms with van der Waals surface area (Å²) in [7, 11) is 0. The monoisotopic (exact) mass is 261 g/mol. The lowest BCUT2D eigenvalue weighted by Crippen LogP contribution is -2.23. The van der Waals surface area contributed by atoms with Gasteiger partial charge in [-0.3, -0.25) is 4.40 Å². The zero-order valence-corrected chi connectivity index (χ0v) is 11.2. The molecule has 0 aromatic carbocycles. The normalized spacial score (nSPS) is 11.7. The van der Waals surface area contributed by atoms with E-state index in [1.54, 1.807) is 17.5 Å². The maximum absolute atomic E-state index is 4.64. The lowest BCUT2D eigenvalue weighted by Gasteiger charge is -2.09. The van der Waals surface area contributed by atoms with Gasteiger partial charge in [-0.25, -0.2) is 4.68 Å². The van der Waals surface area contributed by atoms with Crippen LogP contribution in [-0.4, -0.2) is 25.2 Å². The molecule has 0 aliphatic heterocycles. The van der Waals surface area contributed by atoms with Crippen LogP contribution in [0.3, 0.4) is 0 Å². The fourth-order valence-corrected chi connectivity index (χ4v) is 2.59. The Hall–Kier alpha value is -1.66. The van der Waals surface area contributed by atoms with Crippen molar-refractivity contribution < 1.29 is 0 Å². The van der Waals surface area contributed by atoms with Crippen LogP contribution in [0, 0.1) is 0 Å². The summed E-state index contributed by atoms with van der Waals surface area (Å²) >= 11 is 1.64. The molecular weight excluding hydrogens is 246 g/mol. The van der Waals surface area contributed by atoms with Crippen molar-refractivity contribution >= 4 is 16.3 Å². The zero-order valence-electron chi connectivity index (χ0n) is 10.4. The van der Waals surface area contributed by atoms with Gasteiger partial charge in [-0.05, 0) is 6.07 Å². The minimum Gasteiger partial charge on any atom is -0.309 e. The van der Waals surface area contributed by atoms with Gasteiger partial charge >= 0.3 is 0 Å². The molecule has 5 nitrogen and oxygen atoms in total. The first-order valence-electron chi connectivity index (χ1n) is 5.93. The van der Waals surface area contributed by atoms with E-state index in [0.717, 1.165) is 23.0 Å². The largest absolute Gasteiger partial charge is 0.309 e. The molecule has 0 aliphatic rings. The summed E-state index contributed by atoms with van der Waals surface area (Å²) in [5.41, 5.74) is 1.14. The van der Waals surface area contributed by atoms with Crippen molar-refractivity contribution in [1.82, 2.24) is 24.5 Å². The molecule has 0 spiro atoms. The second-order valence-electron chi connectivity index (χ2n) is 4.42. The Morgan fingerprint density at radius 3 is 3.00 bits per heavy atom. The van der Waals surface area contributed by atoms with Crippen molar-refractivity contribution in [3.63, 3.8) is 0 Å². The topological polar surface area (TPSA) is 47.2 Å². The van der Waals surface area contributed by atoms with E-state index in [1.807, 2.05) is 22.3 Å². The van der Waals surface area contributed by atoms with Crippen LogP contribution in [-0.2, 0) is 6.54 Å². The van der Waals surface area contributed by atoms with Crippen molar-refractivity contribution in [3.05, 3.63) is 35.7 Å². The van der Waals surface area contributed by atoms with E-state index in [-0.39, 0.29) is 0 Å². The lowest BCUT2D eigenvalue weighted by atomic mass is 10.3. The van der Waals surface area contributed by atoms with Gasteiger partial charge in [0.15, 0.2) is 10.8 Å². The van der Waals surface area contributed by atoms with E-state index in [1.165, 1.54) is 0 Å². The lowest BCUT2D eigenvalue weighted by molar-refractivity contribution is 0.577. The first-order valence-corrected chi connectivity index (χ1v) is 6.81. The molecule has 0 aliphatic carbocycles. The maximum Gasteiger partial charge on any atom is 0.196 e. The quantitative estimate of drug-likeness (QED) is 0.782. The summed E-state index contributed by atoms with van der Waals surface area (Å²) in [5.74, 6) is 0.903. The van der Waals surface area contributed by atoms with Gasteiger partial charge < -0.3 is 5.32 Å². The third-order valence-electron chi connectivity index (χ3n) is 2.74. The third kappa shape index (κ3) is 1.93. The van der Waals surface area contributed by atoms with Crippen molar-refractivity contribution in [2.24, 2.45) is 0 Å². The van der Waals surface area contributed by atoms with E-state index in [0.29, 0.717) is 6.04 Å². The smallest absolute Gasteiger partial charge is 0.196 e. The SMILES string of the molecule is CC(C)NCc1c(-n2cccn2)nc2sccn12. The van der Waals surface area contributed by atoms with Crippen molar-refractivity contribution in [2.75, 3.05) is 0 Å². The second kappa shape index (κ2) is 4.55. The van der Waals surface area contributed by atoms with Gasteiger partial charge in [0.2, 0.25) is 0 Å². The fourth-order valence-electron chi connectivity index (χ4n) is 1.86. The molecule has 0 atom stereocenters. The number of nitrogens with zero attached hydrogens (tertiary/aromatic N) is 4. The molecular formula is C12H15N5S. The standard InChI is InChI=1S/C12H15N5S/c1-9(2)13-8-10-11(17-5-3-4-14-17)15-12-16(10)6-7-18-12/h3-7,9,13H,8H2,1-2H3. The van der Waals surface area contributed by atoms with E-state index in [2.05, 4.69) is 39.8 Å². The van der Waals surface area contributed by atoms with Crippen LogP contribution >= 0.6 is 11.3 Å². The van der Waals surface area contributed by atoms with E-state index in [4.69, 9.17) is 0 Å². The zero-order chi connectivity index (χ0) is 12.5. The Balaban J connectivity index is 2.06. The molecule has 0 unspecified atom stereocenters. The first kappa shape index (κ1) is 11.4. The Labute approximate surface area is 109 Å². The number of hydrogen-bond acceptors (Lipinski definition) is 4. The van der Waals surface area contributed by atoms with Crippen LogP contribution in [0.15, 0.2) is 30.0 Å². The molecule has 3 rings (SSSR count). The maximum atomic E-state index is 4.64. The molecule has 0 fully saturated rings. The molecule has 3 aromatic rings. The summed E-state index contributed by atoms with van der Waals surface area (Å²) in [4.78, 5) is 5.64. The molecule has 0 saturated heterocycles. The van der Waals surface area contributed by atoms with E-state index >= 15 is 0 Å². The number of thiazole rings is 1. The van der Waals surface area contributed by atoms with E-state index in [9.17, 15) is 0 Å². The third-order valence-corrected chi connectivity index (χ3v) is 3.50. The van der Waals surface area contributed by atoms with Gasteiger partial charge in [-0.15, -0.1) is 11.3 Å². The average Bonchev–Trinajstić information content (AvgIpc) is 3.02. The number of nitrogens with one attached hydrogen (secondary N) is 1. The highest BCUT2D eigenvalue weighted by atomic mass is 32.1. The molecule has 0 saturated carbocycles. The molecule has 94 valence electrons. The number of imidazole rings is 1. The summed E-state index contributed by atoms with van der Waals surface area (Å²) < 4.78 is 3.94. The minimum absolute atomic E-state index is 0.444. The minimum atomic E-state index is 0.444. The fraction of sp³-hybridized carbons (Fsp3) is 0.333. The summed E-state index contributed by atoms with van der Waals surface area (Å²) in [6.07, 6.45) is 5.75. The van der Waals surface area contributed by atoms with Crippen molar-refractivity contribution in [3.8, 4) is 5.82 Å². The molecule has 3 heterocycles. The van der Waals surface area contributed by atoms with Gasteiger partial charge in [0.05, 0.1) is 5.69 Å². The Bertz CT molecular complexity index is 635. The summed E-state index contributed by atoms with van der Waals surface area (Å²) in [6.45, 7) is 5.06. The molecule has 0 amide bonds. The van der Waals surface area contributed by atoms with Crippen LogP contribution in [0.25, 0.3) is 10.8 Å².